The highest BCUT2D eigenvalue weighted by Gasteiger charge is 2.15. The summed E-state index contributed by atoms with van der Waals surface area (Å²) in [5.74, 6) is -1.56. The molecule has 0 aromatic heterocycles. The predicted octanol–water partition coefficient (Wildman–Crippen LogP) is 1.08. The maximum Gasteiger partial charge on any atom is 0.326 e. The van der Waals surface area contributed by atoms with Gasteiger partial charge in [-0.3, -0.25) is 9.59 Å². The Kier molecular flexibility index (Phi) is 5.32. The fourth-order valence-corrected chi connectivity index (χ4v) is 2.25. The second-order valence-electron chi connectivity index (χ2n) is 4.94. The first-order valence-corrected chi connectivity index (χ1v) is 8.73. The number of esters is 1. The van der Waals surface area contributed by atoms with Gasteiger partial charge in [-0.1, -0.05) is 30.3 Å². The Bertz CT molecular complexity index is 861. The molecule has 2 aromatic rings. The molecule has 0 aliphatic heterocycles. The van der Waals surface area contributed by atoms with E-state index in [-0.39, 0.29) is 22.8 Å². The minimum absolute atomic E-state index is 0.00240. The summed E-state index contributed by atoms with van der Waals surface area (Å²) >= 11 is 0. The predicted molar refractivity (Wildman–Crippen MR) is 86.5 cm³/mol. The van der Waals surface area contributed by atoms with Gasteiger partial charge in [0.1, 0.15) is 18.0 Å². The Labute approximate surface area is 138 Å². The lowest BCUT2D eigenvalue weighted by atomic mass is 10.0. The molecule has 2 N–H and O–H groups in total. The monoisotopic (exact) mass is 349 g/mol. The molecule has 2 aromatic carbocycles. The van der Waals surface area contributed by atoms with Crippen LogP contribution in [0.1, 0.15) is 15.9 Å². The van der Waals surface area contributed by atoms with Crippen molar-refractivity contribution in [1.29, 1.82) is 0 Å². The molecule has 0 heterocycles. The standard InChI is InChI=1S/C16H15NO6S/c1-24(21,22)17-10-15(19)23-12-7-8-13(14(18)9-12)16(20)11-5-3-2-4-6-11/h2-9,17-18H,10H2,1H3. The number of ketones is 1. The number of carbonyl (C=O) groups is 2. The maximum atomic E-state index is 12.3. The van der Waals surface area contributed by atoms with E-state index in [4.69, 9.17) is 4.74 Å². The maximum absolute atomic E-state index is 12.3. The number of rotatable bonds is 6. The summed E-state index contributed by atoms with van der Waals surface area (Å²) in [6.45, 7) is -0.537. The molecule has 126 valence electrons. The van der Waals surface area contributed by atoms with Crippen LogP contribution in [0.5, 0.6) is 11.5 Å². The molecule has 0 saturated carbocycles. The van der Waals surface area contributed by atoms with Crippen molar-refractivity contribution >= 4 is 21.8 Å². The Balaban J connectivity index is 2.10. The lowest BCUT2D eigenvalue weighted by molar-refractivity contribution is -0.133. The molecule has 0 aliphatic carbocycles. The zero-order valence-corrected chi connectivity index (χ0v) is 13.5. The second-order valence-corrected chi connectivity index (χ2v) is 6.77. The van der Waals surface area contributed by atoms with Gasteiger partial charge >= 0.3 is 5.97 Å². The van der Waals surface area contributed by atoms with Crippen LogP contribution in [0.4, 0.5) is 0 Å². The summed E-state index contributed by atoms with van der Waals surface area (Å²) in [4.78, 5) is 23.8. The first-order valence-electron chi connectivity index (χ1n) is 6.84. The van der Waals surface area contributed by atoms with Gasteiger partial charge in [-0.05, 0) is 12.1 Å². The topological polar surface area (TPSA) is 110 Å². The van der Waals surface area contributed by atoms with Gasteiger partial charge < -0.3 is 9.84 Å². The van der Waals surface area contributed by atoms with E-state index in [2.05, 4.69) is 0 Å². The number of aromatic hydroxyl groups is 1. The van der Waals surface area contributed by atoms with E-state index < -0.39 is 22.5 Å². The summed E-state index contributed by atoms with van der Waals surface area (Å²) in [7, 11) is -3.51. The molecule has 7 nitrogen and oxygen atoms in total. The smallest absolute Gasteiger partial charge is 0.326 e. The number of sulfonamides is 1. The highest BCUT2D eigenvalue weighted by molar-refractivity contribution is 7.88. The molecular weight excluding hydrogens is 334 g/mol. The molecule has 0 unspecified atom stereocenters. The largest absolute Gasteiger partial charge is 0.507 e. The van der Waals surface area contributed by atoms with Gasteiger partial charge in [0.05, 0.1) is 11.8 Å². The average molecular weight is 349 g/mol. The SMILES string of the molecule is CS(=O)(=O)NCC(=O)Oc1ccc(C(=O)c2ccccc2)c(O)c1. The van der Waals surface area contributed by atoms with Gasteiger partial charge in [0.15, 0.2) is 5.78 Å². The Hall–Kier alpha value is -2.71. The first kappa shape index (κ1) is 17.6. The molecule has 0 bridgehead atoms. The van der Waals surface area contributed by atoms with E-state index in [1.807, 2.05) is 4.72 Å². The second kappa shape index (κ2) is 7.24. The molecule has 2 rings (SSSR count). The van der Waals surface area contributed by atoms with Crippen molar-refractivity contribution in [2.75, 3.05) is 12.8 Å². The van der Waals surface area contributed by atoms with Crippen LogP contribution in [0, 0.1) is 0 Å². The van der Waals surface area contributed by atoms with Crippen LogP contribution < -0.4 is 9.46 Å². The molecule has 0 spiro atoms. The van der Waals surface area contributed by atoms with Crippen LogP contribution in [0.25, 0.3) is 0 Å². The average Bonchev–Trinajstić information content (AvgIpc) is 2.53. The Morgan fingerprint density at radius 2 is 1.79 bits per heavy atom. The van der Waals surface area contributed by atoms with Crippen molar-refractivity contribution < 1.29 is 27.9 Å². The Morgan fingerprint density at radius 1 is 1.12 bits per heavy atom. The van der Waals surface area contributed by atoms with E-state index in [0.29, 0.717) is 5.56 Å². The van der Waals surface area contributed by atoms with Gasteiger partial charge in [0.25, 0.3) is 0 Å². The zero-order chi connectivity index (χ0) is 17.7. The lowest BCUT2D eigenvalue weighted by Crippen LogP contribution is -2.30. The van der Waals surface area contributed by atoms with E-state index in [9.17, 15) is 23.1 Å². The van der Waals surface area contributed by atoms with Crippen LogP contribution in [0.15, 0.2) is 48.5 Å². The molecular formula is C16H15NO6S. The van der Waals surface area contributed by atoms with E-state index >= 15 is 0 Å². The Morgan fingerprint density at radius 3 is 2.38 bits per heavy atom. The molecule has 8 heteroatoms. The summed E-state index contributed by atoms with van der Waals surface area (Å²) in [6.07, 6.45) is 0.913. The van der Waals surface area contributed by atoms with Crippen LogP contribution in [-0.4, -0.2) is 38.1 Å². The van der Waals surface area contributed by atoms with Crippen molar-refractivity contribution in [3.05, 3.63) is 59.7 Å². The fraction of sp³-hybridized carbons (Fsp3) is 0.125. The summed E-state index contributed by atoms with van der Waals surface area (Å²) in [6, 6.07) is 12.2. The van der Waals surface area contributed by atoms with Gasteiger partial charge in [-0.15, -0.1) is 0 Å². The van der Waals surface area contributed by atoms with Crippen LogP contribution in [0.3, 0.4) is 0 Å². The number of ether oxygens (including phenoxy) is 1. The highest BCUT2D eigenvalue weighted by atomic mass is 32.2. The fourth-order valence-electron chi connectivity index (χ4n) is 1.87. The van der Waals surface area contributed by atoms with Crippen molar-refractivity contribution in [3.63, 3.8) is 0 Å². The van der Waals surface area contributed by atoms with Gasteiger partial charge in [-0.25, -0.2) is 13.1 Å². The van der Waals surface area contributed by atoms with E-state index in [0.717, 1.165) is 12.3 Å². The van der Waals surface area contributed by atoms with E-state index in [1.165, 1.54) is 12.1 Å². The zero-order valence-electron chi connectivity index (χ0n) is 12.7. The first-order chi connectivity index (χ1) is 11.3. The van der Waals surface area contributed by atoms with Crippen molar-refractivity contribution in [3.8, 4) is 11.5 Å². The normalized spacial score (nSPS) is 11.0. The molecule has 0 amide bonds. The van der Waals surface area contributed by atoms with Crippen LogP contribution in [0.2, 0.25) is 0 Å². The number of hydrogen-bond acceptors (Lipinski definition) is 6. The van der Waals surface area contributed by atoms with Crippen LogP contribution >= 0.6 is 0 Å². The number of carbonyl (C=O) groups excluding carboxylic acids is 2. The minimum atomic E-state index is -3.51. The summed E-state index contributed by atoms with van der Waals surface area (Å²) < 4.78 is 28.7. The molecule has 0 radical (unpaired) electrons. The molecule has 0 saturated heterocycles. The number of phenolic OH excluding ortho intramolecular Hbond substituents is 1. The van der Waals surface area contributed by atoms with E-state index in [1.54, 1.807) is 30.3 Å². The summed E-state index contributed by atoms with van der Waals surface area (Å²) in [5.41, 5.74) is 0.477. The third-order valence-corrected chi connectivity index (χ3v) is 3.63. The van der Waals surface area contributed by atoms with Crippen molar-refractivity contribution in [2.45, 2.75) is 0 Å². The van der Waals surface area contributed by atoms with Crippen molar-refractivity contribution in [1.82, 2.24) is 4.72 Å². The lowest BCUT2D eigenvalue weighted by Gasteiger charge is -2.08. The third-order valence-electron chi connectivity index (χ3n) is 2.96. The highest BCUT2D eigenvalue weighted by Crippen LogP contribution is 2.26. The third kappa shape index (κ3) is 4.90. The number of nitrogens with one attached hydrogen (secondary N) is 1. The van der Waals surface area contributed by atoms with Gasteiger partial charge in [0, 0.05) is 11.6 Å². The number of benzene rings is 2. The minimum Gasteiger partial charge on any atom is -0.507 e. The van der Waals surface area contributed by atoms with Gasteiger partial charge in [-0.2, -0.15) is 0 Å². The van der Waals surface area contributed by atoms with Crippen molar-refractivity contribution in [2.24, 2.45) is 0 Å². The number of phenols is 1. The molecule has 24 heavy (non-hydrogen) atoms. The summed E-state index contributed by atoms with van der Waals surface area (Å²) in [5, 5.41) is 9.97. The van der Waals surface area contributed by atoms with Gasteiger partial charge in [0.2, 0.25) is 10.0 Å². The molecule has 0 atom stereocenters. The molecule has 0 fully saturated rings. The number of hydrogen-bond donors (Lipinski definition) is 2. The quantitative estimate of drug-likeness (QED) is 0.459. The molecule has 0 aliphatic rings. The van der Waals surface area contributed by atoms with Crippen LogP contribution in [-0.2, 0) is 14.8 Å².